The molecule has 0 heterocycles. The monoisotopic (exact) mass is 810 g/mol. The van der Waals surface area contributed by atoms with Crippen molar-refractivity contribution in [3.63, 3.8) is 0 Å². The second-order valence-electron chi connectivity index (χ2n) is 16.2. The number of benzene rings is 2. The summed E-state index contributed by atoms with van der Waals surface area (Å²) < 4.78 is 21.2. The first-order chi connectivity index (χ1) is 27.5. The number of esters is 2. The molecule has 0 aliphatic heterocycles. The van der Waals surface area contributed by atoms with Gasteiger partial charge in [-0.3, -0.25) is 19.2 Å². The maximum Gasteiger partial charge on any atom is 0.408 e. The van der Waals surface area contributed by atoms with Gasteiger partial charge in [0.1, 0.15) is 36.5 Å². The fraction of sp³-hybridized carbons (Fsp3) is 0.591. The van der Waals surface area contributed by atoms with Crippen molar-refractivity contribution < 1.29 is 47.7 Å². The summed E-state index contributed by atoms with van der Waals surface area (Å²) in [6, 6.07) is 16.0. The van der Waals surface area contributed by atoms with Crippen LogP contribution in [0.2, 0.25) is 0 Å². The minimum Gasteiger partial charge on any atom is -0.460 e. The summed E-state index contributed by atoms with van der Waals surface area (Å²) in [6.07, 6.45) is 7.51. The summed E-state index contributed by atoms with van der Waals surface area (Å²) in [6.45, 7) is 11.3. The molecule has 14 nitrogen and oxygen atoms in total. The van der Waals surface area contributed by atoms with Crippen LogP contribution in [0, 0.1) is 0 Å². The van der Waals surface area contributed by atoms with Crippen LogP contribution in [0.25, 0.3) is 0 Å². The maximum atomic E-state index is 13.0. The molecule has 2 rings (SSSR count). The lowest BCUT2D eigenvalue weighted by Gasteiger charge is -2.22. The van der Waals surface area contributed by atoms with Crippen molar-refractivity contribution in [3.05, 3.63) is 71.8 Å². The van der Waals surface area contributed by atoms with Gasteiger partial charge in [0.05, 0.1) is 12.8 Å². The number of nitrogens with one attached hydrogen (secondary N) is 4. The van der Waals surface area contributed by atoms with Crippen LogP contribution in [0.15, 0.2) is 60.7 Å². The summed E-state index contributed by atoms with van der Waals surface area (Å²) in [5.41, 5.74) is 0.127. The van der Waals surface area contributed by atoms with Gasteiger partial charge in [-0.25, -0.2) is 9.59 Å². The zero-order valence-electron chi connectivity index (χ0n) is 35.3. The Balaban J connectivity index is 1.61. The molecule has 2 atom stereocenters. The van der Waals surface area contributed by atoms with E-state index >= 15 is 0 Å². The van der Waals surface area contributed by atoms with Crippen LogP contribution in [-0.2, 0) is 51.3 Å². The standard InChI is InChI=1S/C44H66N4O10/c1-43(2,3)57-37(49)29-35(47-41(53)55-31-33-23-17-15-18-24-33)39(51)45-27-21-13-11-9-7-8-10-12-14-22-28-46-40(52)36(30-38(50)58-44(4,5)6)48-42(54)56-32-34-25-19-16-20-26-34/h15-20,23-26,35-36H,7-14,21-22,27-32H2,1-6H3,(H,45,51)(H,46,52)(H,47,53)(H,48,54). The van der Waals surface area contributed by atoms with Crippen molar-refractivity contribution in [1.29, 1.82) is 0 Å². The Hall–Kier alpha value is -5.14. The summed E-state index contributed by atoms with van der Waals surface area (Å²) in [7, 11) is 0. The van der Waals surface area contributed by atoms with Gasteiger partial charge in [0.2, 0.25) is 11.8 Å². The number of carbonyl (C=O) groups excluding carboxylic acids is 6. The maximum absolute atomic E-state index is 13.0. The van der Waals surface area contributed by atoms with Crippen LogP contribution in [0.5, 0.6) is 0 Å². The Labute approximate surface area is 344 Å². The molecule has 0 aromatic heterocycles. The van der Waals surface area contributed by atoms with Gasteiger partial charge in [-0.2, -0.15) is 0 Å². The predicted octanol–water partition coefficient (Wildman–Crippen LogP) is 7.17. The largest absolute Gasteiger partial charge is 0.460 e. The molecule has 4 N–H and O–H groups in total. The van der Waals surface area contributed by atoms with Crippen molar-refractivity contribution in [2.24, 2.45) is 0 Å². The number of rotatable bonds is 25. The molecule has 0 spiro atoms. The molecule has 2 unspecified atom stereocenters. The molecular weight excluding hydrogens is 745 g/mol. The number of carbonyl (C=O) groups is 6. The number of ether oxygens (including phenoxy) is 4. The Morgan fingerprint density at radius 3 is 1.10 bits per heavy atom. The van der Waals surface area contributed by atoms with Crippen molar-refractivity contribution in [2.75, 3.05) is 13.1 Å². The second kappa shape index (κ2) is 26.7. The molecule has 4 amide bonds. The molecule has 2 aromatic rings. The van der Waals surface area contributed by atoms with Crippen molar-refractivity contribution in [3.8, 4) is 0 Å². The number of hydrogen-bond acceptors (Lipinski definition) is 10. The SMILES string of the molecule is CC(C)(C)OC(=O)CC(NC(=O)OCc1ccccc1)C(=O)NCCCCCCCCCCCCNC(=O)C(CC(=O)OC(C)(C)C)NC(=O)OCc1ccccc1. The summed E-state index contributed by atoms with van der Waals surface area (Å²) in [4.78, 5) is 75.8. The van der Waals surface area contributed by atoms with Gasteiger partial charge in [-0.1, -0.05) is 112 Å². The Morgan fingerprint density at radius 2 is 0.793 bits per heavy atom. The number of alkyl carbamates (subject to hydrolysis) is 2. The van der Waals surface area contributed by atoms with E-state index in [1.807, 2.05) is 60.7 Å². The highest BCUT2D eigenvalue weighted by Crippen LogP contribution is 2.13. The molecular formula is C44H66N4O10. The molecule has 322 valence electrons. The van der Waals surface area contributed by atoms with E-state index in [1.165, 1.54) is 0 Å². The van der Waals surface area contributed by atoms with Gasteiger partial charge >= 0.3 is 24.1 Å². The molecule has 0 aliphatic carbocycles. The smallest absolute Gasteiger partial charge is 0.408 e. The van der Waals surface area contributed by atoms with E-state index < -0.39 is 59.2 Å². The third-order valence-corrected chi connectivity index (χ3v) is 8.43. The molecule has 0 bridgehead atoms. The van der Waals surface area contributed by atoms with Gasteiger partial charge in [-0.15, -0.1) is 0 Å². The average Bonchev–Trinajstić information content (AvgIpc) is 3.15. The zero-order chi connectivity index (χ0) is 42.8. The van der Waals surface area contributed by atoms with E-state index in [9.17, 15) is 28.8 Å². The van der Waals surface area contributed by atoms with Crippen LogP contribution >= 0.6 is 0 Å². The van der Waals surface area contributed by atoms with Crippen LogP contribution in [-0.4, -0.2) is 72.3 Å². The van der Waals surface area contributed by atoms with Gasteiger partial charge in [0, 0.05) is 13.1 Å². The number of hydrogen-bond donors (Lipinski definition) is 4. The normalized spacial score (nSPS) is 12.3. The average molecular weight is 811 g/mol. The molecule has 0 saturated heterocycles. The van der Waals surface area contributed by atoms with Crippen LogP contribution in [0.4, 0.5) is 9.59 Å². The number of amides is 4. The van der Waals surface area contributed by atoms with Crippen LogP contribution in [0.3, 0.4) is 0 Å². The minimum absolute atomic E-state index is 0.0315. The summed E-state index contributed by atoms with van der Waals surface area (Å²) >= 11 is 0. The van der Waals surface area contributed by atoms with Crippen molar-refractivity contribution >= 4 is 35.9 Å². The molecule has 14 heteroatoms. The highest BCUT2D eigenvalue weighted by molar-refractivity contribution is 5.90. The first-order valence-electron chi connectivity index (χ1n) is 20.4. The van der Waals surface area contributed by atoms with E-state index in [4.69, 9.17) is 18.9 Å². The van der Waals surface area contributed by atoms with E-state index in [1.54, 1.807) is 41.5 Å². The first kappa shape index (κ1) is 49.0. The molecule has 0 aliphatic rings. The van der Waals surface area contributed by atoms with E-state index in [2.05, 4.69) is 21.3 Å². The lowest BCUT2D eigenvalue weighted by atomic mass is 10.1. The highest BCUT2D eigenvalue weighted by Gasteiger charge is 2.29. The van der Waals surface area contributed by atoms with Gasteiger partial charge in [0.15, 0.2) is 0 Å². The second-order valence-corrected chi connectivity index (χ2v) is 16.2. The van der Waals surface area contributed by atoms with E-state index in [-0.39, 0.29) is 26.1 Å². The third-order valence-electron chi connectivity index (χ3n) is 8.43. The van der Waals surface area contributed by atoms with Crippen molar-refractivity contribution in [1.82, 2.24) is 21.3 Å². The van der Waals surface area contributed by atoms with Gasteiger partial charge < -0.3 is 40.2 Å². The fourth-order valence-corrected chi connectivity index (χ4v) is 5.67. The lowest BCUT2D eigenvalue weighted by Crippen LogP contribution is -2.48. The van der Waals surface area contributed by atoms with Gasteiger partial charge in [-0.05, 0) is 65.5 Å². The van der Waals surface area contributed by atoms with Gasteiger partial charge in [0.25, 0.3) is 0 Å². The predicted molar refractivity (Wildman–Crippen MR) is 220 cm³/mol. The Bertz CT molecular complexity index is 1430. The van der Waals surface area contributed by atoms with Crippen LogP contribution in [0.1, 0.15) is 130 Å². The minimum atomic E-state index is -1.13. The fourth-order valence-electron chi connectivity index (χ4n) is 5.67. The summed E-state index contributed by atoms with van der Waals surface area (Å²) in [5, 5.41) is 10.7. The molecule has 2 aromatic carbocycles. The molecule has 58 heavy (non-hydrogen) atoms. The van der Waals surface area contributed by atoms with Crippen LogP contribution < -0.4 is 21.3 Å². The van der Waals surface area contributed by atoms with E-state index in [0.717, 1.165) is 75.3 Å². The third kappa shape index (κ3) is 24.5. The molecule has 0 saturated carbocycles. The quantitative estimate of drug-likeness (QED) is 0.0455. The molecule has 0 fully saturated rings. The number of unbranched alkanes of at least 4 members (excludes halogenated alkanes) is 9. The first-order valence-corrected chi connectivity index (χ1v) is 20.4. The zero-order valence-corrected chi connectivity index (χ0v) is 35.3. The highest BCUT2D eigenvalue weighted by atomic mass is 16.6. The Kier molecular flexibility index (Phi) is 22.6. The lowest BCUT2D eigenvalue weighted by molar-refractivity contribution is -0.157. The topological polar surface area (TPSA) is 187 Å². The van der Waals surface area contributed by atoms with E-state index in [0.29, 0.717) is 13.1 Å². The summed E-state index contributed by atoms with van der Waals surface area (Å²) in [5.74, 6) is -2.15. The molecule has 0 radical (unpaired) electrons. The Morgan fingerprint density at radius 1 is 0.483 bits per heavy atom. The van der Waals surface area contributed by atoms with Crippen molar-refractivity contribution in [2.45, 2.75) is 155 Å².